The van der Waals surface area contributed by atoms with Gasteiger partial charge in [0.2, 0.25) is 5.91 Å². The van der Waals surface area contributed by atoms with Crippen molar-refractivity contribution in [1.82, 2.24) is 19.4 Å². The van der Waals surface area contributed by atoms with Gasteiger partial charge in [0, 0.05) is 18.9 Å². The lowest BCUT2D eigenvalue weighted by Gasteiger charge is -2.31. The maximum atomic E-state index is 13.9. The van der Waals surface area contributed by atoms with E-state index < -0.39 is 18.8 Å². The van der Waals surface area contributed by atoms with Gasteiger partial charge in [0.15, 0.2) is 6.61 Å². The minimum absolute atomic E-state index is 0.0352. The topological polar surface area (TPSA) is 77.3 Å². The number of alkyl halides is 3. The zero-order chi connectivity index (χ0) is 30.6. The molecule has 1 atom stereocenters. The number of rotatable bonds is 9. The third-order valence-corrected chi connectivity index (χ3v) is 7.01. The van der Waals surface area contributed by atoms with Gasteiger partial charge in [-0.15, -0.1) is 0 Å². The van der Waals surface area contributed by atoms with Crippen molar-refractivity contribution in [2.24, 2.45) is 0 Å². The highest BCUT2D eigenvalue weighted by Gasteiger charge is 2.29. The summed E-state index contributed by atoms with van der Waals surface area (Å²) in [5.41, 5.74) is 3.29. The Morgan fingerprint density at radius 1 is 0.953 bits per heavy atom. The van der Waals surface area contributed by atoms with Crippen molar-refractivity contribution in [2.75, 3.05) is 6.61 Å². The SMILES string of the molecule is Cc1ccc(-n2c([C@@H](C)N(Cc3cccnc3)C(=O)Cc3ccc(OCC(F)(F)F)cc3)nc3ccccc3c2=O)cc1. The van der Waals surface area contributed by atoms with Crippen LogP contribution in [0.2, 0.25) is 0 Å². The van der Waals surface area contributed by atoms with E-state index >= 15 is 0 Å². The zero-order valence-electron chi connectivity index (χ0n) is 23.6. The van der Waals surface area contributed by atoms with Gasteiger partial charge in [0.1, 0.15) is 11.6 Å². The number of carbonyl (C=O) groups excluding carboxylic acids is 1. The second-order valence-electron chi connectivity index (χ2n) is 10.2. The van der Waals surface area contributed by atoms with E-state index in [1.54, 1.807) is 64.3 Å². The van der Waals surface area contributed by atoms with Crippen molar-refractivity contribution in [3.8, 4) is 11.4 Å². The predicted molar refractivity (Wildman–Crippen MR) is 157 cm³/mol. The third kappa shape index (κ3) is 7.09. The molecule has 1 amide bonds. The standard InChI is InChI=1S/C33H29F3N4O3/c1-22-9-13-26(14-10-22)40-31(38-29-8-4-3-7-28(29)32(40)42)23(2)39(20-25-6-5-17-37-19-25)30(41)18-24-11-15-27(16-12-24)43-21-33(34,35)36/h3-17,19,23H,18,20-21H2,1-2H3/t23-/m1/s1. The van der Waals surface area contributed by atoms with Crippen LogP contribution >= 0.6 is 0 Å². The van der Waals surface area contributed by atoms with Crippen LogP contribution in [0.4, 0.5) is 13.2 Å². The quantitative estimate of drug-likeness (QED) is 0.201. The first-order valence-electron chi connectivity index (χ1n) is 13.6. The number of ether oxygens (including phenoxy) is 1. The Balaban J connectivity index is 1.53. The van der Waals surface area contributed by atoms with Crippen LogP contribution in [0.15, 0.2) is 102 Å². The maximum Gasteiger partial charge on any atom is 0.422 e. The van der Waals surface area contributed by atoms with E-state index in [0.29, 0.717) is 28.0 Å². The zero-order valence-corrected chi connectivity index (χ0v) is 23.6. The van der Waals surface area contributed by atoms with Gasteiger partial charge in [-0.3, -0.25) is 19.1 Å². The fraction of sp³-hybridized carbons (Fsp3) is 0.212. The van der Waals surface area contributed by atoms with Gasteiger partial charge in [-0.25, -0.2) is 4.98 Å². The molecule has 3 aromatic carbocycles. The van der Waals surface area contributed by atoms with Crippen LogP contribution in [-0.4, -0.2) is 38.1 Å². The molecule has 0 saturated heterocycles. The minimum atomic E-state index is -4.45. The van der Waals surface area contributed by atoms with Crippen LogP contribution in [0, 0.1) is 6.92 Å². The first-order valence-corrected chi connectivity index (χ1v) is 13.6. The van der Waals surface area contributed by atoms with Crippen molar-refractivity contribution < 1.29 is 22.7 Å². The van der Waals surface area contributed by atoms with Crippen LogP contribution in [0.1, 0.15) is 35.5 Å². The number of carbonyl (C=O) groups is 1. The van der Waals surface area contributed by atoms with Crippen molar-refractivity contribution >= 4 is 16.8 Å². The molecule has 0 radical (unpaired) electrons. The van der Waals surface area contributed by atoms with Crippen LogP contribution in [0.5, 0.6) is 5.75 Å². The molecule has 0 bridgehead atoms. The number of halogens is 3. The van der Waals surface area contributed by atoms with Crippen LogP contribution in [0.3, 0.4) is 0 Å². The lowest BCUT2D eigenvalue weighted by molar-refractivity contribution is -0.153. The summed E-state index contributed by atoms with van der Waals surface area (Å²) in [4.78, 5) is 38.5. The first-order chi connectivity index (χ1) is 20.6. The van der Waals surface area contributed by atoms with Gasteiger partial charge < -0.3 is 9.64 Å². The number of hydrogen-bond donors (Lipinski definition) is 0. The summed E-state index contributed by atoms with van der Waals surface area (Å²) in [6.45, 7) is 2.57. The number of aryl methyl sites for hydroxylation is 1. The Hall–Kier alpha value is -4.99. The van der Waals surface area contributed by atoms with E-state index in [1.807, 2.05) is 44.2 Å². The smallest absolute Gasteiger partial charge is 0.422 e. The van der Waals surface area contributed by atoms with Crippen LogP contribution in [-0.2, 0) is 17.8 Å². The molecule has 0 spiro atoms. The summed E-state index contributed by atoms with van der Waals surface area (Å²) in [7, 11) is 0. The van der Waals surface area contributed by atoms with Crippen LogP contribution < -0.4 is 10.3 Å². The molecule has 5 aromatic rings. The van der Waals surface area contributed by atoms with Crippen molar-refractivity contribution in [3.05, 3.63) is 130 Å². The highest BCUT2D eigenvalue weighted by Crippen LogP contribution is 2.26. The third-order valence-electron chi connectivity index (χ3n) is 7.01. The molecule has 0 saturated carbocycles. The number of hydrogen-bond acceptors (Lipinski definition) is 5. The number of benzene rings is 3. The number of nitrogens with zero attached hydrogens (tertiary/aromatic N) is 4. The second-order valence-corrected chi connectivity index (χ2v) is 10.2. The van der Waals surface area contributed by atoms with E-state index in [9.17, 15) is 22.8 Å². The molecule has 2 heterocycles. The molecule has 0 aliphatic heterocycles. The average molecular weight is 587 g/mol. The first kappa shape index (κ1) is 29.5. The summed E-state index contributed by atoms with van der Waals surface area (Å²) in [5.74, 6) is 0.176. The monoisotopic (exact) mass is 586 g/mol. The molecule has 10 heteroatoms. The molecule has 0 unspecified atom stereocenters. The van der Waals surface area contributed by atoms with Crippen LogP contribution in [0.25, 0.3) is 16.6 Å². The molecular formula is C33H29F3N4O3. The van der Waals surface area contributed by atoms with Crippen molar-refractivity contribution in [2.45, 2.75) is 39.0 Å². The highest BCUT2D eigenvalue weighted by molar-refractivity contribution is 5.80. The molecule has 43 heavy (non-hydrogen) atoms. The minimum Gasteiger partial charge on any atom is -0.484 e. The fourth-order valence-electron chi connectivity index (χ4n) is 4.79. The predicted octanol–water partition coefficient (Wildman–Crippen LogP) is 6.36. The molecule has 7 nitrogen and oxygen atoms in total. The Morgan fingerprint density at radius 3 is 2.35 bits per heavy atom. The normalized spacial score (nSPS) is 12.2. The lowest BCUT2D eigenvalue weighted by atomic mass is 10.1. The van der Waals surface area contributed by atoms with E-state index in [-0.39, 0.29) is 30.2 Å². The molecule has 0 fully saturated rings. The summed E-state index contributed by atoms with van der Waals surface area (Å²) >= 11 is 0. The van der Waals surface area contributed by atoms with Gasteiger partial charge in [-0.2, -0.15) is 13.2 Å². The highest BCUT2D eigenvalue weighted by atomic mass is 19.4. The van der Waals surface area contributed by atoms with Gasteiger partial charge >= 0.3 is 6.18 Å². The second kappa shape index (κ2) is 12.5. The number of fused-ring (bicyclic) bond motifs is 1. The molecule has 220 valence electrons. The summed E-state index contributed by atoms with van der Waals surface area (Å²) < 4.78 is 43.9. The lowest BCUT2D eigenvalue weighted by Crippen LogP contribution is -2.38. The van der Waals surface area contributed by atoms with Crippen molar-refractivity contribution in [1.29, 1.82) is 0 Å². The molecular weight excluding hydrogens is 557 g/mol. The number of para-hydroxylation sites is 1. The molecule has 0 aliphatic carbocycles. The Kier molecular flexibility index (Phi) is 8.56. The van der Waals surface area contributed by atoms with Gasteiger partial charge in [0.25, 0.3) is 5.56 Å². The maximum absolute atomic E-state index is 13.9. The van der Waals surface area contributed by atoms with Crippen molar-refractivity contribution in [3.63, 3.8) is 0 Å². The van der Waals surface area contributed by atoms with E-state index in [4.69, 9.17) is 9.72 Å². The molecule has 2 aromatic heterocycles. The summed E-state index contributed by atoms with van der Waals surface area (Å²) in [6, 6.07) is 23.5. The van der Waals surface area contributed by atoms with Gasteiger partial charge in [-0.05, 0) is 67.4 Å². The summed E-state index contributed by atoms with van der Waals surface area (Å²) in [5, 5.41) is 0.456. The van der Waals surface area contributed by atoms with E-state index in [2.05, 4.69) is 4.98 Å². The Labute approximate surface area is 246 Å². The molecule has 0 N–H and O–H groups in total. The Bertz CT molecular complexity index is 1770. The average Bonchev–Trinajstić information content (AvgIpc) is 3.00. The van der Waals surface area contributed by atoms with E-state index in [1.165, 1.54) is 12.1 Å². The van der Waals surface area contributed by atoms with Gasteiger partial charge in [0.05, 0.1) is 29.1 Å². The number of amides is 1. The number of pyridine rings is 1. The fourth-order valence-corrected chi connectivity index (χ4v) is 4.79. The van der Waals surface area contributed by atoms with Gasteiger partial charge in [-0.1, -0.05) is 48.0 Å². The Morgan fingerprint density at radius 2 is 1.67 bits per heavy atom. The summed E-state index contributed by atoms with van der Waals surface area (Å²) in [6.07, 6.45) is -1.18. The number of aromatic nitrogens is 3. The molecule has 5 rings (SSSR count). The van der Waals surface area contributed by atoms with E-state index in [0.717, 1.165) is 11.1 Å². The molecule has 0 aliphatic rings. The largest absolute Gasteiger partial charge is 0.484 e.